The number of nitrogens with zero attached hydrogens (tertiary/aromatic N) is 3. The Morgan fingerprint density at radius 1 is 1.23 bits per heavy atom. The maximum absolute atomic E-state index is 13.1. The molecule has 2 aliphatic heterocycles. The minimum Gasteiger partial charge on any atom is -0.336 e. The molecule has 3 amide bonds. The number of fused-ring (bicyclic) bond motifs is 1. The predicted octanol–water partition coefficient (Wildman–Crippen LogP) is 2.02. The number of hydrogen-bond acceptors (Lipinski definition) is 3. The number of urea groups is 1. The summed E-state index contributed by atoms with van der Waals surface area (Å²) in [7, 11) is 0. The standard InChI is InChI=1S/C19H21N5O2/c25-18(13-2-1-3-14(10-13)24-9-7-20-19(24)26)23-8-6-16-15(11-23)17(22-21-16)12-4-5-12/h1-3,10,12H,4-9,11H2,(H,20,26)(H,21,22). The summed E-state index contributed by atoms with van der Waals surface area (Å²) in [5, 5.41) is 10.4. The molecule has 0 radical (unpaired) electrons. The second kappa shape index (κ2) is 5.86. The zero-order valence-corrected chi connectivity index (χ0v) is 14.5. The van der Waals surface area contributed by atoms with E-state index in [1.165, 1.54) is 24.1 Å². The zero-order chi connectivity index (χ0) is 17.7. The van der Waals surface area contributed by atoms with Crippen LogP contribution in [0.25, 0.3) is 0 Å². The van der Waals surface area contributed by atoms with E-state index in [0.717, 1.165) is 17.8 Å². The summed E-state index contributed by atoms with van der Waals surface area (Å²) in [6.45, 7) is 2.57. The Kier molecular flexibility index (Phi) is 3.48. The second-order valence-electron chi connectivity index (χ2n) is 7.25. The Bertz CT molecular complexity index is 886. The van der Waals surface area contributed by atoms with Crippen molar-refractivity contribution >= 4 is 17.6 Å². The fourth-order valence-electron chi connectivity index (χ4n) is 3.89. The molecule has 7 nitrogen and oxygen atoms in total. The van der Waals surface area contributed by atoms with E-state index in [2.05, 4.69) is 15.5 Å². The van der Waals surface area contributed by atoms with Gasteiger partial charge in [-0.2, -0.15) is 5.10 Å². The third kappa shape index (κ3) is 2.55. The van der Waals surface area contributed by atoms with Gasteiger partial charge in [0.1, 0.15) is 0 Å². The molecular weight excluding hydrogens is 330 g/mol. The van der Waals surface area contributed by atoms with Gasteiger partial charge in [0.15, 0.2) is 0 Å². The first kappa shape index (κ1) is 15.4. The van der Waals surface area contributed by atoms with Gasteiger partial charge in [-0.25, -0.2) is 4.79 Å². The van der Waals surface area contributed by atoms with Gasteiger partial charge in [-0.3, -0.25) is 14.8 Å². The molecule has 0 bridgehead atoms. The summed E-state index contributed by atoms with van der Waals surface area (Å²) >= 11 is 0. The van der Waals surface area contributed by atoms with E-state index in [9.17, 15) is 9.59 Å². The molecule has 1 saturated heterocycles. The monoisotopic (exact) mass is 351 g/mol. The van der Waals surface area contributed by atoms with Gasteiger partial charge in [0, 0.05) is 61.0 Å². The Morgan fingerprint density at radius 3 is 2.88 bits per heavy atom. The number of benzene rings is 1. The van der Waals surface area contributed by atoms with Gasteiger partial charge >= 0.3 is 6.03 Å². The number of H-pyrrole nitrogens is 1. The van der Waals surface area contributed by atoms with Crippen molar-refractivity contribution < 1.29 is 9.59 Å². The van der Waals surface area contributed by atoms with Crippen LogP contribution in [0.1, 0.15) is 46.1 Å². The smallest absolute Gasteiger partial charge is 0.321 e. The summed E-state index contributed by atoms with van der Waals surface area (Å²) in [5.41, 5.74) is 4.94. The van der Waals surface area contributed by atoms with Crippen molar-refractivity contribution in [2.45, 2.75) is 31.7 Å². The van der Waals surface area contributed by atoms with Gasteiger partial charge in [0.05, 0.1) is 5.69 Å². The van der Waals surface area contributed by atoms with Crippen molar-refractivity contribution in [2.24, 2.45) is 0 Å². The van der Waals surface area contributed by atoms with E-state index in [1.807, 2.05) is 29.2 Å². The summed E-state index contributed by atoms with van der Waals surface area (Å²) in [6.07, 6.45) is 3.21. The number of nitrogens with one attached hydrogen (secondary N) is 2. The second-order valence-corrected chi connectivity index (χ2v) is 7.25. The van der Waals surface area contributed by atoms with Crippen LogP contribution in [0.4, 0.5) is 10.5 Å². The van der Waals surface area contributed by atoms with Crippen LogP contribution in [-0.2, 0) is 13.0 Å². The first-order valence-corrected chi connectivity index (χ1v) is 9.21. The van der Waals surface area contributed by atoms with Crippen LogP contribution in [0, 0.1) is 0 Å². The van der Waals surface area contributed by atoms with E-state index in [1.54, 1.807) is 4.90 Å². The third-order valence-corrected chi connectivity index (χ3v) is 5.48. The largest absolute Gasteiger partial charge is 0.336 e. The number of carbonyl (C=O) groups excluding carboxylic acids is 2. The molecular formula is C19H21N5O2. The Balaban J connectivity index is 1.38. The molecule has 0 spiro atoms. The molecule has 1 aliphatic carbocycles. The number of aromatic amines is 1. The maximum Gasteiger partial charge on any atom is 0.321 e. The summed E-state index contributed by atoms with van der Waals surface area (Å²) < 4.78 is 0. The van der Waals surface area contributed by atoms with Crippen LogP contribution in [0.3, 0.4) is 0 Å². The highest BCUT2D eigenvalue weighted by atomic mass is 16.2. The molecule has 0 atom stereocenters. The third-order valence-electron chi connectivity index (χ3n) is 5.48. The number of rotatable bonds is 3. The topological polar surface area (TPSA) is 81.3 Å². The molecule has 26 heavy (non-hydrogen) atoms. The average Bonchev–Trinajstić information content (AvgIpc) is 3.28. The van der Waals surface area contributed by atoms with Crippen molar-refractivity contribution in [1.82, 2.24) is 20.4 Å². The lowest BCUT2D eigenvalue weighted by Gasteiger charge is -2.27. The van der Waals surface area contributed by atoms with Crippen LogP contribution in [0.2, 0.25) is 0 Å². The fraction of sp³-hybridized carbons (Fsp3) is 0.421. The molecule has 2 aromatic rings. The Morgan fingerprint density at radius 2 is 2.12 bits per heavy atom. The highest BCUT2D eigenvalue weighted by molar-refractivity contribution is 5.98. The van der Waals surface area contributed by atoms with Crippen LogP contribution < -0.4 is 10.2 Å². The van der Waals surface area contributed by atoms with Gasteiger partial charge in [-0.15, -0.1) is 0 Å². The molecule has 1 aromatic heterocycles. The molecule has 3 heterocycles. The predicted molar refractivity (Wildman–Crippen MR) is 96.2 cm³/mol. The molecule has 2 N–H and O–H groups in total. The molecule has 134 valence electrons. The zero-order valence-electron chi connectivity index (χ0n) is 14.5. The number of hydrogen-bond donors (Lipinski definition) is 2. The SMILES string of the molecule is O=C(c1cccc(N2CCNC2=O)c1)N1CCc2[nH]nc(C3CC3)c2C1. The first-order chi connectivity index (χ1) is 12.7. The van der Waals surface area contributed by atoms with Crippen LogP contribution >= 0.6 is 0 Å². The number of carbonyl (C=O) groups is 2. The van der Waals surface area contributed by atoms with Crippen LogP contribution in [0.5, 0.6) is 0 Å². The fourth-order valence-corrected chi connectivity index (χ4v) is 3.89. The first-order valence-electron chi connectivity index (χ1n) is 9.21. The van der Waals surface area contributed by atoms with Gasteiger partial charge in [-0.1, -0.05) is 6.07 Å². The molecule has 1 saturated carbocycles. The van der Waals surface area contributed by atoms with Crippen molar-refractivity contribution in [2.75, 3.05) is 24.5 Å². The highest BCUT2D eigenvalue weighted by Crippen LogP contribution is 2.42. The lowest BCUT2D eigenvalue weighted by Crippen LogP contribution is -2.36. The van der Waals surface area contributed by atoms with E-state index in [4.69, 9.17) is 0 Å². The summed E-state index contributed by atoms with van der Waals surface area (Å²) in [4.78, 5) is 28.5. The van der Waals surface area contributed by atoms with E-state index in [0.29, 0.717) is 37.7 Å². The summed E-state index contributed by atoms with van der Waals surface area (Å²) in [5.74, 6) is 0.585. The molecule has 0 unspecified atom stereocenters. The van der Waals surface area contributed by atoms with Crippen LogP contribution in [0.15, 0.2) is 24.3 Å². The molecule has 7 heteroatoms. The van der Waals surface area contributed by atoms with Crippen molar-refractivity contribution in [1.29, 1.82) is 0 Å². The van der Waals surface area contributed by atoms with Gasteiger partial charge in [0.2, 0.25) is 0 Å². The number of anilines is 1. The normalized spacial score (nSPS) is 19.5. The summed E-state index contributed by atoms with van der Waals surface area (Å²) in [6, 6.07) is 7.26. The maximum atomic E-state index is 13.1. The van der Waals surface area contributed by atoms with Crippen molar-refractivity contribution in [3.63, 3.8) is 0 Å². The molecule has 5 rings (SSSR count). The average molecular weight is 351 g/mol. The molecule has 3 aliphatic rings. The van der Waals surface area contributed by atoms with E-state index >= 15 is 0 Å². The molecule has 2 fully saturated rings. The van der Waals surface area contributed by atoms with Gasteiger partial charge in [-0.05, 0) is 31.0 Å². The lowest BCUT2D eigenvalue weighted by atomic mass is 10.0. The van der Waals surface area contributed by atoms with Crippen molar-refractivity contribution in [3.05, 3.63) is 46.8 Å². The van der Waals surface area contributed by atoms with Gasteiger partial charge < -0.3 is 10.2 Å². The van der Waals surface area contributed by atoms with Crippen molar-refractivity contribution in [3.8, 4) is 0 Å². The lowest BCUT2D eigenvalue weighted by molar-refractivity contribution is 0.0734. The quantitative estimate of drug-likeness (QED) is 0.888. The minimum atomic E-state index is -0.107. The highest BCUT2D eigenvalue weighted by Gasteiger charge is 2.33. The van der Waals surface area contributed by atoms with E-state index in [-0.39, 0.29) is 11.9 Å². The number of aromatic nitrogens is 2. The van der Waals surface area contributed by atoms with Crippen LogP contribution in [-0.4, -0.2) is 46.7 Å². The molecule has 1 aromatic carbocycles. The Hall–Kier alpha value is -2.83. The Labute approximate surface area is 151 Å². The van der Waals surface area contributed by atoms with E-state index < -0.39 is 0 Å². The minimum absolute atomic E-state index is 0.0139. The number of amides is 3. The van der Waals surface area contributed by atoms with Gasteiger partial charge in [0.25, 0.3) is 5.91 Å².